The van der Waals surface area contributed by atoms with Gasteiger partial charge in [0.25, 0.3) is 0 Å². The summed E-state index contributed by atoms with van der Waals surface area (Å²) >= 11 is 0. The van der Waals surface area contributed by atoms with Crippen molar-refractivity contribution in [1.29, 1.82) is 0 Å². The second-order valence-electron chi connectivity index (χ2n) is 4.43. The monoisotopic (exact) mass is 268 g/mol. The number of benzene rings is 1. The van der Waals surface area contributed by atoms with E-state index in [1.165, 1.54) is 6.07 Å². The van der Waals surface area contributed by atoms with Gasteiger partial charge in [0.1, 0.15) is 5.82 Å². The van der Waals surface area contributed by atoms with Gasteiger partial charge in [-0.1, -0.05) is 18.2 Å². The maximum Gasteiger partial charge on any atom is 0.146 e. The zero-order valence-corrected chi connectivity index (χ0v) is 10.6. The van der Waals surface area contributed by atoms with Gasteiger partial charge >= 0.3 is 0 Å². The van der Waals surface area contributed by atoms with Crippen LogP contribution in [-0.2, 0) is 0 Å². The van der Waals surface area contributed by atoms with E-state index in [4.69, 9.17) is 5.84 Å². The van der Waals surface area contributed by atoms with Crippen LogP contribution in [-0.4, -0.2) is 9.97 Å². The van der Waals surface area contributed by atoms with Crippen molar-refractivity contribution in [2.75, 3.05) is 0 Å². The Morgan fingerprint density at radius 2 is 1.85 bits per heavy atom. The lowest BCUT2D eigenvalue weighted by molar-refractivity contribution is 0.544. The van der Waals surface area contributed by atoms with Gasteiger partial charge < -0.3 is 0 Å². The average molecular weight is 268 g/mol. The summed E-state index contributed by atoms with van der Waals surface area (Å²) in [5.41, 5.74) is 4.53. The number of hydrogen-bond donors (Lipinski definition) is 2. The van der Waals surface area contributed by atoms with E-state index < -0.39 is 11.9 Å². The first-order chi connectivity index (χ1) is 9.79. The maximum absolute atomic E-state index is 13.9. The first kappa shape index (κ1) is 12.7. The fourth-order valence-electron chi connectivity index (χ4n) is 2.21. The molecule has 0 aliphatic heterocycles. The molecule has 3 rings (SSSR count). The minimum Gasteiger partial charge on any atom is -0.271 e. The first-order valence-corrected chi connectivity index (χ1v) is 6.21. The third kappa shape index (κ3) is 2.24. The highest BCUT2D eigenvalue weighted by molar-refractivity contribution is 5.79. The Balaban J connectivity index is 2.10. The molecule has 4 nitrogen and oxygen atoms in total. The molecule has 0 aliphatic carbocycles. The number of nitrogens with one attached hydrogen (secondary N) is 1. The Kier molecular flexibility index (Phi) is 3.37. The number of nitrogens with zero attached hydrogens (tertiary/aromatic N) is 2. The Morgan fingerprint density at radius 1 is 1.05 bits per heavy atom. The van der Waals surface area contributed by atoms with Crippen molar-refractivity contribution in [2.45, 2.75) is 6.04 Å². The molecule has 0 radical (unpaired) electrons. The van der Waals surface area contributed by atoms with E-state index in [1.54, 1.807) is 18.5 Å². The fourth-order valence-corrected chi connectivity index (χ4v) is 2.21. The van der Waals surface area contributed by atoms with Gasteiger partial charge in [-0.3, -0.25) is 15.8 Å². The molecule has 1 unspecified atom stereocenters. The molecular formula is C15H13FN4. The van der Waals surface area contributed by atoms with Crippen molar-refractivity contribution < 1.29 is 4.39 Å². The molecule has 2 aromatic heterocycles. The summed E-state index contributed by atoms with van der Waals surface area (Å²) in [5, 5.41) is 1.02. The summed E-state index contributed by atoms with van der Waals surface area (Å²) in [5.74, 6) is 5.18. The molecule has 3 aromatic rings. The molecule has 2 heterocycles. The predicted molar refractivity (Wildman–Crippen MR) is 75.1 cm³/mol. The highest BCUT2D eigenvalue weighted by Crippen LogP contribution is 2.24. The van der Waals surface area contributed by atoms with Crippen LogP contribution in [0.4, 0.5) is 4.39 Å². The fraction of sp³-hybridized carbons (Fsp3) is 0.0667. The highest BCUT2D eigenvalue weighted by Gasteiger charge is 2.18. The molecule has 0 saturated heterocycles. The van der Waals surface area contributed by atoms with Gasteiger partial charge in [0.05, 0.1) is 17.3 Å². The number of fused-ring (bicyclic) bond motifs is 1. The molecule has 0 amide bonds. The van der Waals surface area contributed by atoms with E-state index in [9.17, 15) is 4.39 Å². The van der Waals surface area contributed by atoms with Gasteiger partial charge in [-0.25, -0.2) is 9.82 Å². The Hall–Kier alpha value is -2.37. The van der Waals surface area contributed by atoms with E-state index >= 15 is 0 Å². The molecule has 20 heavy (non-hydrogen) atoms. The predicted octanol–water partition coefficient (Wildman–Crippen LogP) is 2.32. The van der Waals surface area contributed by atoms with Crippen LogP contribution >= 0.6 is 0 Å². The summed E-state index contributed by atoms with van der Waals surface area (Å²) in [4.78, 5) is 8.36. The topological polar surface area (TPSA) is 63.8 Å². The van der Waals surface area contributed by atoms with Gasteiger partial charge in [-0.15, -0.1) is 0 Å². The lowest BCUT2D eigenvalue weighted by atomic mass is 10.0. The van der Waals surface area contributed by atoms with Gasteiger partial charge in [0.2, 0.25) is 0 Å². The molecule has 0 fully saturated rings. The number of aromatic nitrogens is 2. The smallest absolute Gasteiger partial charge is 0.146 e. The molecule has 0 saturated carbocycles. The van der Waals surface area contributed by atoms with E-state index in [0.29, 0.717) is 0 Å². The minimum absolute atomic E-state index is 0.269. The summed E-state index contributed by atoms with van der Waals surface area (Å²) in [7, 11) is 0. The van der Waals surface area contributed by atoms with Crippen LogP contribution < -0.4 is 11.3 Å². The van der Waals surface area contributed by atoms with E-state index in [1.807, 2.05) is 30.3 Å². The SMILES string of the molecule is NNC(c1ccc2cccnc2c1)c1ncccc1F. The van der Waals surface area contributed by atoms with Gasteiger partial charge in [-0.2, -0.15) is 0 Å². The molecule has 0 aliphatic rings. The lowest BCUT2D eigenvalue weighted by Crippen LogP contribution is -2.30. The zero-order chi connectivity index (χ0) is 13.9. The molecule has 0 spiro atoms. The number of pyridine rings is 2. The quantitative estimate of drug-likeness (QED) is 0.565. The van der Waals surface area contributed by atoms with E-state index in [-0.39, 0.29) is 5.69 Å². The molecule has 3 N–H and O–H groups in total. The van der Waals surface area contributed by atoms with Crippen LogP contribution in [0.5, 0.6) is 0 Å². The summed E-state index contributed by atoms with van der Waals surface area (Å²) in [6.07, 6.45) is 3.26. The lowest BCUT2D eigenvalue weighted by Gasteiger charge is -2.16. The van der Waals surface area contributed by atoms with Crippen LogP contribution in [0.15, 0.2) is 54.9 Å². The first-order valence-electron chi connectivity index (χ1n) is 6.21. The van der Waals surface area contributed by atoms with Crippen LogP contribution in [0, 0.1) is 5.82 Å². The summed E-state index contributed by atoms with van der Waals surface area (Å²) in [6, 6.07) is 12.0. The van der Waals surface area contributed by atoms with Crippen molar-refractivity contribution in [3.63, 3.8) is 0 Å². The van der Waals surface area contributed by atoms with Crippen LogP contribution in [0.3, 0.4) is 0 Å². The van der Waals surface area contributed by atoms with Crippen LogP contribution in [0.25, 0.3) is 10.9 Å². The van der Waals surface area contributed by atoms with Gasteiger partial charge in [0.15, 0.2) is 0 Å². The standard InChI is InChI=1S/C15H13FN4/c16-12-4-2-8-19-15(12)14(20-17)11-6-5-10-3-1-7-18-13(10)9-11/h1-9,14,20H,17H2. The molecule has 1 aromatic carbocycles. The Morgan fingerprint density at radius 3 is 2.65 bits per heavy atom. The largest absolute Gasteiger partial charge is 0.271 e. The van der Waals surface area contributed by atoms with Crippen molar-refractivity contribution in [3.05, 3.63) is 71.9 Å². The Labute approximate surface area is 115 Å². The van der Waals surface area contributed by atoms with E-state index in [0.717, 1.165) is 16.5 Å². The number of hydrazine groups is 1. The second-order valence-corrected chi connectivity index (χ2v) is 4.43. The van der Waals surface area contributed by atoms with Crippen molar-refractivity contribution in [3.8, 4) is 0 Å². The summed E-state index contributed by atoms with van der Waals surface area (Å²) in [6.45, 7) is 0. The number of rotatable bonds is 3. The molecule has 5 heteroatoms. The minimum atomic E-state index is -0.511. The van der Waals surface area contributed by atoms with Crippen molar-refractivity contribution >= 4 is 10.9 Å². The normalized spacial score (nSPS) is 12.5. The average Bonchev–Trinajstić information content (AvgIpc) is 2.50. The van der Waals surface area contributed by atoms with Gasteiger partial charge in [-0.05, 0) is 29.8 Å². The number of halogens is 1. The second kappa shape index (κ2) is 5.32. The van der Waals surface area contributed by atoms with E-state index in [2.05, 4.69) is 15.4 Å². The van der Waals surface area contributed by atoms with Crippen molar-refractivity contribution in [2.24, 2.45) is 5.84 Å². The highest BCUT2D eigenvalue weighted by atomic mass is 19.1. The molecule has 0 bridgehead atoms. The maximum atomic E-state index is 13.9. The number of nitrogens with two attached hydrogens (primary N) is 1. The third-order valence-electron chi connectivity index (χ3n) is 3.19. The molecular weight excluding hydrogens is 255 g/mol. The molecule has 100 valence electrons. The van der Waals surface area contributed by atoms with Gasteiger partial charge in [0, 0.05) is 17.8 Å². The van der Waals surface area contributed by atoms with Crippen LogP contribution in [0.2, 0.25) is 0 Å². The summed E-state index contributed by atoms with van der Waals surface area (Å²) < 4.78 is 13.9. The number of hydrogen-bond acceptors (Lipinski definition) is 4. The third-order valence-corrected chi connectivity index (χ3v) is 3.19. The Bertz CT molecular complexity index is 745. The van der Waals surface area contributed by atoms with Crippen LogP contribution in [0.1, 0.15) is 17.3 Å². The molecule has 1 atom stereocenters. The zero-order valence-electron chi connectivity index (χ0n) is 10.6. The van der Waals surface area contributed by atoms with Crippen molar-refractivity contribution in [1.82, 2.24) is 15.4 Å².